The molecule has 2 aromatic rings. The smallest absolute Gasteiger partial charge is 0.318 e. The number of carbonyl (C=O) groups excluding carboxylic acids is 2. The summed E-state index contributed by atoms with van der Waals surface area (Å²) in [5, 5.41) is 2.84. The number of rotatable bonds is 6. The number of nitrogens with two attached hydrogens (primary N) is 1. The first-order valence-corrected chi connectivity index (χ1v) is 10.8. The molecule has 0 radical (unpaired) electrons. The number of primary amides is 1. The van der Waals surface area contributed by atoms with Crippen LogP contribution in [0.3, 0.4) is 0 Å². The number of nitrogens with zero attached hydrogens (tertiary/aromatic N) is 2. The van der Waals surface area contributed by atoms with Crippen LogP contribution in [0.1, 0.15) is 44.1 Å². The van der Waals surface area contributed by atoms with E-state index in [9.17, 15) is 14.4 Å². The van der Waals surface area contributed by atoms with Crippen LogP contribution in [0, 0.1) is 5.92 Å². The Morgan fingerprint density at radius 2 is 2.11 bits per heavy atom. The lowest BCUT2D eigenvalue weighted by molar-refractivity contribution is -0.120. The molecule has 7 nitrogen and oxygen atoms in total. The highest BCUT2D eigenvalue weighted by Crippen LogP contribution is 2.36. The summed E-state index contributed by atoms with van der Waals surface area (Å²) in [6.07, 6.45) is 3.80. The first kappa shape index (κ1) is 19.9. The van der Waals surface area contributed by atoms with Gasteiger partial charge in [0.2, 0.25) is 5.91 Å². The minimum Gasteiger partial charge on any atom is -0.351 e. The summed E-state index contributed by atoms with van der Waals surface area (Å²) >= 11 is 2.81. The van der Waals surface area contributed by atoms with Gasteiger partial charge in [0.1, 0.15) is 4.83 Å². The molecular weight excluding hydrogens is 384 g/mol. The van der Waals surface area contributed by atoms with Gasteiger partial charge in [-0.25, -0.2) is 9.78 Å². The van der Waals surface area contributed by atoms with Gasteiger partial charge in [-0.15, -0.1) is 11.3 Å². The van der Waals surface area contributed by atoms with Crippen molar-refractivity contribution in [1.29, 1.82) is 0 Å². The highest BCUT2D eigenvalue weighted by Gasteiger charge is 2.28. The second-order valence-electron chi connectivity index (χ2n) is 7.02. The first-order chi connectivity index (χ1) is 12.8. The molecular formula is C18H24N4O3S2. The summed E-state index contributed by atoms with van der Waals surface area (Å²) in [7, 11) is 0. The standard InChI is InChI=1S/C18H24N4O3S2/c1-4-8-22-16(24)12-10-6-5-7-11(10)26-15(12)21-18(22)27-13(9(2)3)14(23)20-17(19)25/h9,13H,4-8H2,1-3H3,(H3,19,20,23,25)/t13-/m0/s1. The monoisotopic (exact) mass is 408 g/mol. The van der Waals surface area contributed by atoms with Crippen molar-refractivity contribution < 1.29 is 9.59 Å². The molecule has 0 fully saturated rings. The van der Waals surface area contributed by atoms with Crippen LogP contribution in [-0.4, -0.2) is 26.7 Å². The maximum Gasteiger partial charge on any atom is 0.318 e. The fourth-order valence-corrected chi connectivity index (χ4v) is 5.79. The number of imide groups is 1. The Morgan fingerprint density at radius 1 is 1.37 bits per heavy atom. The zero-order valence-electron chi connectivity index (χ0n) is 15.7. The highest BCUT2D eigenvalue weighted by atomic mass is 32.2. The molecule has 0 saturated carbocycles. The first-order valence-electron chi connectivity index (χ1n) is 9.15. The van der Waals surface area contributed by atoms with Crippen LogP contribution >= 0.6 is 23.1 Å². The molecule has 1 atom stereocenters. The predicted octanol–water partition coefficient (Wildman–Crippen LogP) is 2.67. The van der Waals surface area contributed by atoms with Crippen molar-refractivity contribution in [2.24, 2.45) is 11.7 Å². The Bertz CT molecular complexity index is 948. The number of aromatic nitrogens is 2. The molecule has 0 bridgehead atoms. The van der Waals surface area contributed by atoms with Crippen molar-refractivity contribution in [2.75, 3.05) is 0 Å². The van der Waals surface area contributed by atoms with E-state index < -0.39 is 17.2 Å². The Labute approximate surface area is 165 Å². The Hall–Kier alpha value is -1.87. The molecule has 1 aliphatic rings. The predicted molar refractivity (Wildman–Crippen MR) is 108 cm³/mol. The van der Waals surface area contributed by atoms with E-state index in [1.54, 1.807) is 15.9 Å². The number of aryl methyl sites for hydroxylation is 2. The number of thiophene rings is 1. The lowest BCUT2D eigenvalue weighted by atomic mass is 10.1. The summed E-state index contributed by atoms with van der Waals surface area (Å²) in [4.78, 5) is 43.4. The number of nitrogens with one attached hydrogen (secondary N) is 1. The van der Waals surface area contributed by atoms with Gasteiger partial charge in [0.05, 0.1) is 10.6 Å². The van der Waals surface area contributed by atoms with Gasteiger partial charge in [0.25, 0.3) is 5.56 Å². The minimum atomic E-state index is -0.879. The number of carbonyl (C=O) groups is 2. The second-order valence-corrected chi connectivity index (χ2v) is 9.22. The van der Waals surface area contributed by atoms with Gasteiger partial charge in [0, 0.05) is 11.4 Å². The van der Waals surface area contributed by atoms with E-state index in [1.807, 2.05) is 20.8 Å². The van der Waals surface area contributed by atoms with E-state index in [4.69, 9.17) is 10.7 Å². The molecule has 0 saturated heterocycles. The van der Waals surface area contributed by atoms with Crippen molar-refractivity contribution in [3.63, 3.8) is 0 Å². The fraction of sp³-hybridized carbons (Fsp3) is 0.556. The number of urea groups is 1. The van der Waals surface area contributed by atoms with Crippen molar-refractivity contribution >= 4 is 45.3 Å². The number of fused-ring (bicyclic) bond motifs is 3. The molecule has 1 aliphatic carbocycles. The molecule has 0 aliphatic heterocycles. The maximum atomic E-state index is 13.2. The third-order valence-corrected chi connectivity index (χ3v) is 7.30. The quantitative estimate of drug-likeness (QED) is 0.564. The van der Waals surface area contributed by atoms with Gasteiger partial charge in [-0.1, -0.05) is 32.5 Å². The number of hydrogen-bond donors (Lipinski definition) is 2. The van der Waals surface area contributed by atoms with Gasteiger partial charge < -0.3 is 5.73 Å². The number of amides is 3. The zero-order chi connectivity index (χ0) is 19.7. The Balaban J connectivity index is 2.07. The molecule has 2 aromatic heterocycles. The third kappa shape index (κ3) is 3.89. The molecule has 2 heterocycles. The van der Waals surface area contributed by atoms with E-state index in [1.165, 1.54) is 16.6 Å². The van der Waals surface area contributed by atoms with Crippen LogP contribution in [0.2, 0.25) is 0 Å². The topological polar surface area (TPSA) is 107 Å². The summed E-state index contributed by atoms with van der Waals surface area (Å²) in [6, 6.07) is -0.879. The molecule has 27 heavy (non-hydrogen) atoms. The van der Waals surface area contributed by atoms with Crippen LogP contribution in [0.5, 0.6) is 0 Å². The lowest BCUT2D eigenvalue weighted by Crippen LogP contribution is -2.42. The van der Waals surface area contributed by atoms with E-state index in [2.05, 4.69) is 5.32 Å². The van der Waals surface area contributed by atoms with Gasteiger partial charge in [0.15, 0.2) is 5.16 Å². The van der Waals surface area contributed by atoms with E-state index in [0.717, 1.165) is 41.5 Å². The SMILES string of the molecule is CCCn1c(S[C@H](C(=O)NC(N)=O)C(C)C)nc2sc3c(c2c1=O)CCC3. The van der Waals surface area contributed by atoms with Crippen molar-refractivity contribution in [3.8, 4) is 0 Å². The van der Waals surface area contributed by atoms with E-state index in [0.29, 0.717) is 11.7 Å². The fourth-order valence-electron chi connectivity index (χ4n) is 3.37. The molecule has 9 heteroatoms. The Morgan fingerprint density at radius 3 is 2.74 bits per heavy atom. The minimum absolute atomic E-state index is 0.0263. The summed E-state index contributed by atoms with van der Waals surface area (Å²) in [5.41, 5.74) is 6.22. The normalized spacial score (nSPS) is 14.5. The molecule has 0 spiro atoms. The van der Waals surface area contributed by atoms with Crippen LogP contribution in [0.25, 0.3) is 10.2 Å². The molecule has 3 amide bonds. The highest BCUT2D eigenvalue weighted by molar-refractivity contribution is 8.00. The van der Waals surface area contributed by atoms with Crippen molar-refractivity contribution in [3.05, 3.63) is 20.8 Å². The van der Waals surface area contributed by atoms with E-state index in [-0.39, 0.29) is 11.5 Å². The number of hydrogen-bond acceptors (Lipinski definition) is 6. The molecule has 0 aromatic carbocycles. The summed E-state index contributed by atoms with van der Waals surface area (Å²) < 4.78 is 1.67. The van der Waals surface area contributed by atoms with Crippen LogP contribution in [0.4, 0.5) is 4.79 Å². The third-order valence-electron chi connectivity index (χ3n) is 4.58. The molecule has 146 valence electrons. The van der Waals surface area contributed by atoms with Crippen LogP contribution in [0.15, 0.2) is 9.95 Å². The zero-order valence-corrected chi connectivity index (χ0v) is 17.3. The van der Waals surface area contributed by atoms with Gasteiger partial charge in [-0.2, -0.15) is 0 Å². The molecule has 3 rings (SSSR count). The lowest BCUT2D eigenvalue weighted by Gasteiger charge is -2.20. The van der Waals surface area contributed by atoms with Gasteiger partial charge in [-0.3, -0.25) is 19.5 Å². The maximum absolute atomic E-state index is 13.2. The average Bonchev–Trinajstić information content (AvgIpc) is 3.15. The summed E-state index contributed by atoms with van der Waals surface area (Å²) in [5.74, 6) is -0.529. The Kier molecular flexibility index (Phi) is 5.90. The largest absolute Gasteiger partial charge is 0.351 e. The van der Waals surface area contributed by atoms with E-state index >= 15 is 0 Å². The molecule has 0 unspecified atom stereocenters. The molecule has 3 N–H and O–H groups in total. The average molecular weight is 409 g/mol. The van der Waals surface area contributed by atoms with Crippen LogP contribution < -0.4 is 16.6 Å². The van der Waals surface area contributed by atoms with Gasteiger partial charge in [-0.05, 0) is 37.2 Å². The van der Waals surface area contributed by atoms with Crippen molar-refractivity contribution in [2.45, 2.75) is 63.4 Å². The van der Waals surface area contributed by atoms with Gasteiger partial charge >= 0.3 is 6.03 Å². The van der Waals surface area contributed by atoms with Crippen molar-refractivity contribution in [1.82, 2.24) is 14.9 Å². The van der Waals surface area contributed by atoms with Crippen LogP contribution in [-0.2, 0) is 24.2 Å². The second kappa shape index (κ2) is 8.02. The number of thioether (sulfide) groups is 1. The summed E-state index contributed by atoms with van der Waals surface area (Å²) in [6.45, 7) is 6.32.